The first kappa shape index (κ1) is 14.6. The second-order valence-electron chi connectivity index (χ2n) is 5.02. The molecule has 0 saturated heterocycles. The van der Waals surface area contributed by atoms with Crippen LogP contribution in [-0.2, 0) is 6.54 Å². The van der Waals surface area contributed by atoms with Crippen LogP contribution in [0.1, 0.15) is 19.4 Å². The van der Waals surface area contributed by atoms with Crippen molar-refractivity contribution in [2.24, 2.45) is 0 Å². The summed E-state index contributed by atoms with van der Waals surface area (Å²) in [6.45, 7) is 7.12. The molecule has 0 amide bonds. The van der Waals surface area contributed by atoms with Crippen LogP contribution in [0.4, 0.5) is 0 Å². The van der Waals surface area contributed by atoms with Crippen LogP contribution < -0.4 is 4.74 Å². The molecule has 2 heteroatoms. The molecular weight excluding hydrogens is 246 g/mol. The Morgan fingerprint density at radius 1 is 0.950 bits per heavy atom. The van der Waals surface area contributed by atoms with Gasteiger partial charge in [0.1, 0.15) is 12.4 Å². The van der Waals surface area contributed by atoms with E-state index in [1.807, 2.05) is 30.3 Å². The Morgan fingerprint density at radius 2 is 1.55 bits per heavy atom. The van der Waals surface area contributed by atoms with Crippen molar-refractivity contribution < 1.29 is 4.74 Å². The zero-order chi connectivity index (χ0) is 14.2. The molecule has 20 heavy (non-hydrogen) atoms. The fourth-order valence-corrected chi connectivity index (χ4v) is 2.24. The second kappa shape index (κ2) is 7.71. The van der Waals surface area contributed by atoms with Gasteiger partial charge in [-0.2, -0.15) is 0 Å². The summed E-state index contributed by atoms with van der Waals surface area (Å²) in [4.78, 5) is 2.43. The summed E-state index contributed by atoms with van der Waals surface area (Å²) in [6, 6.07) is 21.0. The van der Waals surface area contributed by atoms with Gasteiger partial charge in [-0.05, 0) is 31.2 Å². The molecule has 0 fully saturated rings. The number of para-hydroxylation sites is 1. The SMILES string of the molecule is CCN(Cc1ccccc1)C(C)COc1ccccc1. The van der Waals surface area contributed by atoms with Gasteiger partial charge in [0.2, 0.25) is 0 Å². The zero-order valence-corrected chi connectivity index (χ0v) is 12.3. The summed E-state index contributed by atoms with van der Waals surface area (Å²) in [5, 5.41) is 0. The van der Waals surface area contributed by atoms with Crippen molar-refractivity contribution in [2.45, 2.75) is 26.4 Å². The molecule has 2 nitrogen and oxygen atoms in total. The smallest absolute Gasteiger partial charge is 0.119 e. The van der Waals surface area contributed by atoms with Crippen molar-refractivity contribution >= 4 is 0 Å². The number of nitrogens with zero attached hydrogens (tertiary/aromatic N) is 1. The van der Waals surface area contributed by atoms with E-state index in [9.17, 15) is 0 Å². The molecule has 1 unspecified atom stereocenters. The number of ether oxygens (including phenoxy) is 1. The maximum Gasteiger partial charge on any atom is 0.119 e. The van der Waals surface area contributed by atoms with Gasteiger partial charge in [0.15, 0.2) is 0 Å². The standard InChI is InChI=1S/C18H23NO/c1-3-19(14-17-10-6-4-7-11-17)16(2)15-20-18-12-8-5-9-13-18/h4-13,16H,3,14-15H2,1-2H3. The number of hydrogen-bond acceptors (Lipinski definition) is 2. The molecule has 0 N–H and O–H groups in total. The molecule has 0 spiro atoms. The van der Waals surface area contributed by atoms with E-state index < -0.39 is 0 Å². The van der Waals surface area contributed by atoms with Crippen LogP contribution in [0.15, 0.2) is 60.7 Å². The van der Waals surface area contributed by atoms with Crippen molar-refractivity contribution in [3.8, 4) is 5.75 Å². The van der Waals surface area contributed by atoms with Gasteiger partial charge in [-0.25, -0.2) is 0 Å². The predicted octanol–water partition coefficient (Wildman–Crippen LogP) is 3.98. The number of hydrogen-bond donors (Lipinski definition) is 0. The molecule has 0 bridgehead atoms. The lowest BCUT2D eigenvalue weighted by molar-refractivity contribution is 0.145. The van der Waals surface area contributed by atoms with Crippen molar-refractivity contribution in [3.63, 3.8) is 0 Å². The fourth-order valence-electron chi connectivity index (χ4n) is 2.24. The predicted molar refractivity (Wildman–Crippen MR) is 83.9 cm³/mol. The minimum Gasteiger partial charge on any atom is -0.492 e. The van der Waals surface area contributed by atoms with E-state index in [4.69, 9.17) is 4.74 Å². The van der Waals surface area contributed by atoms with Crippen LogP contribution in [-0.4, -0.2) is 24.1 Å². The first-order valence-corrected chi connectivity index (χ1v) is 7.25. The minimum absolute atomic E-state index is 0.389. The lowest BCUT2D eigenvalue weighted by atomic mass is 10.2. The average molecular weight is 269 g/mol. The molecule has 2 aromatic rings. The summed E-state index contributed by atoms with van der Waals surface area (Å²) in [6.07, 6.45) is 0. The van der Waals surface area contributed by atoms with Gasteiger partial charge in [0, 0.05) is 12.6 Å². The van der Waals surface area contributed by atoms with Gasteiger partial charge in [-0.15, -0.1) is 0 Å². The van der Waals surface area contributed by atoms with Gasteiger partial charge < -0.3 is 4.74 Å². The Hall–Kier alpha value is -1.80. The van der Waals surface area contributed by atoms with Gasteiger partial charge in [0.25, 0.3) is 0 Å². The number of benzene rings is 2. The summed E-state index contributed by atoms with van der Waals surface area (Å²) in [7, 11) is 0. The Kier molecular flexibility index (Phi) is 5.63. The van der Waals surface area contributed by atoms with Crippen LogP contribution in [0.2, 0.25) is 0 Å². The van der Waals surface area contributed by atoms with Crippen LogP contribution in [0, 0.1) is 0 Å². The maximum atomic E-state index is 5.85. The third-order valence-corrected chi connectivity index (χ3v) is 3.49. The molecular formula is C18H23NO. The Balaban J connectivity index is 1.87. The van der Waals surface area contributed by atoms with E-state index in [0.29, 0.717) is 12.6 Å². The van der Waals surface area contributed by atoms with E-state index in [0.717, 1.165) is 18.8 Å². The zero-order valence-electron chi connectivity index (χ0n) is 12.3. The van der Waals surface area contributed by atoms with Crippen LogP contribution in [0.5, 0.6) is 5.75 Å². The first-order valence-electron chi connectivity index (χ1n) is 7.25. The van der Waals surface area contributed by atoms with E-state index in [2.05, 4.69) is 49.1 Å². The van der Waals surface area contributed by atoms with Crippen LogP contribution >= 0.6 is 0 Å². The van der Waals surface area contributed by atoms with E-state index in [1.54, 1.807) is 0 Å². The molecule has 0 aliphatic carbocycles. The highest BCUT2D eigenvalue weighted by atomic mass is 16.5. The highest BCUT2D eigenvalue weighted by molar-refractivity contribution is 5.21. The monoisotopic (exact) mass is 269 g/mol. The molecule has 2 rings (SSSR count). The Bertz CT molecular complexity index is 483. The van der Waals surface area contributed by atoms with Gasteiger partial charge in [-0.1, -0.05) is 55.5 Å². The summed E-state index contributed by atoms with van der Waals surface area (Å²) < 4.78 is 5.85. The number of likely N-dealkylation sites (N-methyl/N-ethyl adjacent to an activating group) is 1. The molecule has 0 saturated carbocycles. The number of rotatable bonds is 7. The quantitative estimate of drug-likeness (QED) is 0.754. The van der Waals surface area contributed by atoms with E-state index in [-0.39, 0.29) is 0 Å². The molecule has 0 aromatic heterocycles. The highest BCUT2D eigenvalue weighted by Crippen LogP contribution is 2.12. The topological polar surface area (TPSA) is 12.5 Å². The average Bonchev–Trinajstić information content (AvgIpc) is 2.52. The third-order valence-electron chi connectivity index (χ3n) is 3.49. The van der Waals surface area contributed by atoms with Crippen LogP contribution in [0.3, 0.4) is 0 Å². The van der Waals surface area contributed by atoms with Crippen molar-refractivity contribution in [3.05, 3.63) is 66.2 Å². The largest absolute Gasteiger partial charge is 0.492 e. The van der Waals surface area contributed by atoms with Crippen LogP contribution in [0.25, 0.3) is 0 Å². The van der Waals surface area contributed by atoms with Crippen molar-refractivity contribution in [1.29, 1.82) is 0 Å². The lowest BCUT2D eigenvalue weighted by Crippen LogP contribution is -2.36. The van der Waals surface area contributed by atoms with Gasteiger partial charge >= 0.3 is 0 Å². The molecule has 0 heterocycles. The van der Waals surface area contributed by atoms with Gasteiger partial charge in [-0.3, -0.25) is 4.90 Å². The normalized spacial score (nSPS) is 12.3. The van der Waals surface area contributed by atoms with Crippen molar-refractivity contribution in [2.75, 3.05) is 13.2 Å². The maximum absolute atomic E-state index is 5.85. The summed E-state index contributed by atoms with van der Waals surface area (Å²) in [5.41, 5.74) is 1.35. The third kappa shape index (κ3) is 4.39. The Labute approximate surface area is 122 Å². The van der Waals surface area contributed by atoms with E-state index in [1.165, 1.54) is 5.56 Å². The summed E-state index contributed by atoms with van der Waals surface area (Å²) >= 11 is 0. The fraction of sp³-hybridized carbons (Fsp3) is 0.333. The molecule has 0 aliphatic heterocycles. The lowest BCUT2D eigenvalue weighted by Gasteiger charge is -2.27. The van der Waals surface area contributed by atoms with Gasteiger partial charge in [0.05, 0.1) is 0 Å². The van der Waals surface area contributed by atoms with Crippen molar-refractivity contribution in [1.82, 2.24) is 4.90 Å². The summed E-state index contributed by atoms with van der Waals surface area (Å²) in [5.74, 6) is 0.940. The van der Waals surface area contributed by atoms with E-state index >= 15 is 0 Å². The molecule has 2 aromatic carbocycles. The molecule has 0 aliphatic rings. The Morgan fingerprint density at radius 3 is 2.15 bits per heavy atom. The highest BCUT2D eigenvalue weighted by Gasteiger charge is 2.13. The first-order chi connectivity index (χ1) is 9.79. The molecule has 106 valence electrons. The minimum atomic E-state index is 0.389. The molecule has 0 radical (unpaired) electrons. The second-order valence-corrected chi connectivity index (χ2v) is 5.02. The molecule has 1 atom stereocenters.